The Morgan fingerprint density at radius 1 is 0.950 bits per heavy atom. The van der Waals surface area contributed by atoms with Gasteiger partial charge in [0.15, 0.2) is 0 Å². The summed E-state index contributed by atoms with van der Waals surface area (Å²) in [6.45, 7) is 7.98. The number of carbonyl (C=O) groups is 4. The number of hydrogen-bond donors (Lipinski definition) is 4. The number of anilines is 1. The summed E-state index contributed by atoms with van der Waals surface area (Å²) in [5.41, 5.74) is 1.01. The molecule has 0 aliphatic rings. The third kappa shape index (κ3) is 8.97. The molecule has 2 atom stereocenters. The van der Waals surface area contributed by atoms with E-state index < -0.39 is 53.7 Å². The molecule has 2 aromatic carbocycles. The summed E-state index contributed by atoms with van der Waals surface area (Å²) in [7, 11) is 0. The maximum absolute atomic E-state index is 13.2. The van der Waals surface area contributed by atoms with Crippen LogP contribution in [0.15, 0.2) is 63.8 Å². The Labute approximate surface area is 231 Å². The largest absolute Gasteiger partial charge is 0.444 e. The fourth-order valence-electron chi connectivity index (χ4n) is 3.80. The SMILES string of the molecule is Cc1cc(=O)oc2cc(NC(=O)[C@H](C)NC(=O)[C@H](Cc3ccccc3)NC(=O)CNC(=O)OC(C)(C)C)ccc12. The summed E-state index contributed by atoms with van der Waals surface area (Å²) >= 11 is 0. The molecular weight excluding hydrogens is 516 g/mol. The molecule has 1 aromatic heterocycles. The average molecular weight is 551 g/mol. The van der Waals surface area contributed by atoms with Crippen molar-refractivity contribution in [1.29, 1.82) is 0 Å². The maximum atomic E-state index is 13.2. The van der Waals surface area contributed by atoms with E-state index >= 15 is 0 Å². The molecule has 3 rings (SSSR count). The molecule has 0 unspecified atom stereocenters. The highest BCUT2D eigenvalue weighted by Crippen LogP contribution is 2.21. The molecule has 11 nitrogen and oxygen atoms in total. The van der Waals surface area contributed by atoms with Gasteiger partial charge in [-0.25, -0.2) is 9.59 Å². The van der Waals surface area contributed by atoms with E-state index in [4.69, 9.17) is 9.15 Å². The van der Waals surface area contributed by atoms with E-state index in [2.05, 4.69) is 21.3 Å². The molecule has 40 heavy (non-hydrogen) atoms. The van der Waals surface area contributed by atoms with Crippen LogP contribution in [-0.2, 0) is 25.5 Å². The van der Waals surface area contributed by atoms with Crippen LogP contribution in [0.3, 0.4) is 0 Å². The highest BCUT2D eigenvalue weighted by atomic mass is 16.6. The van der Waals surface area contributed by atoms with E-state index in [1.165, 1.54) is 19.1 Å². The molecule has 1 heterocycles. The third-order valence-electron chi connectivity index (χ3n) is 5.70. The lowest BCUT2D eigenvalue weighted by Crippen LogP contribution is -2.54. The van der Waals surface area contributed by atoms with Gasteiger partial charge in [0, 0.05) is 29.6 Å². The van der Waals surface area contributed by atoms with Crippen LogP contribution in [0.2, 0.25) is 0 Å². The number of alkyl carbamates (subject to hydrolysis) is 1. The molecule has 212 valence electrons. The number of aryl methyl sites for hydroxylation is 1. The highest BCUT2D eigenvalue weighted by Gasteiger charge is 2.25. The van der Waals surface area contributed by atoms with E-state index in [1.54, 1.807) is 64.1 Å². The fourth-order valence-corrected chi connectivity index (χ4v) is 3.80. The summed E-state index contributed by atoms with van der Waals surface area (Å²) in [4.78, 5) is 62.2. The summed E-state index contributed by atoms with van der Waals surface area (Å²) in [6, 6.07) is 13.4. The van der Waals surface area contributed by atoms with Gasteiger partial charge < -0.3 is 30.4 Å². The third-order valence-corrected chi connectivity index (χ3v) is 5.70. The molecular formula is C29H34N4O7. The van der Waals surface area contributed by atoms with Crippen LogP contribution in [0.4, 0.5) is 10.5 Å². The molecule has 4 amide bonds. The molecule has 0 fully saturated rings. The Hall–Kier alpha value is -4.67. The van der Waals surface area contributed by atoms with Crippen molar-refractivity contribution in [2.75, 3.05) is 11.9 Å². The Balaban J connectivity index is 1.65. The summed E-state index contributed by atoms with van der Waals surface area (Å²) in [6.07, 6.45) is -0.609. The number of nitrogens with one attached hydrogen (secondary N) is 4. The van der Waals surface area contributed by atoms with Gasteiger partial charge in [-0.2, -0.15) is 0 Å². The first-order valence-electron chi connectivity index (χ1n) is 12.8. The smallest absolute Gasteiger partial charge is 0.408 e. The molecule has 11 heteroatoms. The minimum absolute atomic E-state index is 0.155. The van der Waals surface area contributed by atoms with Crippen LogP contribution >= 0.6 is 0 Å². The predicted octanol–water partition coefficient (Wildman–Crippen LogP) is 2.80. The molecule has 4 N–H and O–H groups in total. The number of hydrogen-bond acceptors (Lipinski definition) is 7. The highest BCUT2D eigenvalue weighted by molar-refractivity contribution is 5.99. The second kappa shape index (κ2) is 12.9. The van der Waals surface area contributed by atoms with Crippen molar-refractivity contribution in [3.63, 3.8) is 0 Å². The van der Waals surface area contributed by atoms with Crippen LogP contribution in [0.1, 0.15) is 38.8 Å². The average Bonchev–Trinajstić information content (AvgIpc) is 2.86. The van der Waals surface area contributed by atoms with E-state index in [9.17, 15) is 24.0 Å². The van der Waals surface area contributed by atoms with Crippen molar-refractivity contribution in [2.45, 2.75) is 58.7 Å². The standard InChI is InChI=1S/C29H34N4O7/c1-17-13-25(35)39-23-15-20(11-12-21(17)23)32-26(36)18(2)31-27(37)22(14-19-9-7-6-8-10-19)33-24(34)16-30-28(38)40-29(3,4)5/h6-13,15,18,22H,14,16H2,1-5H3,(H,30,38)(H,31,37)(H,32,36)(H,33,34)/t18-,22-/m0/s1. The van der Waals surface area contributed by atoms with Crippen molar-refractivity contribution < 1.29 is 28.3 Å². The quantitative estimate of drug-likeness (QED) is 0.299. The maximum Gasteiger partial charge on any atom is 0.408 e. The van der Waals surface area contributed by atoms with Crippen molar-refractivity contribution >= 4 is 40.5 Å². The second-order valence-electron chi connectivity index (χ2n) is 10.3. The number of amides is 4. The van der Waals surface area contributed by atoms with E-state index in [0.29, 0.717) is 11.3 Å². The number of benzene rings is 2. The van der Waals surface area contributed by atoms with Crippen LogP contribution in [-0.4, -0.2) is 48.0 Å². The monoisotopic (exact) mass is 550 g/mol. The van der Waals surface area contributed by atoms with Gasteiger partial charge in [0.1, 0.15) is 29.8 Å². The zero-order valence-electron chi connectivity index (χ0n) is 23.1. The summed E-state index contributed by atoms with van der Waals surface area (Å²) in [5.74, 6) is -1.71. The van der Waals surface area contributed by atoms with E-state index in [-0.39, 0.29) is 6.42 Å². The van der Waals surface area contributed by atoms with Gasteiger partial charge in [-0.3, -0.25) is 14.4 Å². The topological polar surface area (TPSA) is 156 Å². The summed E-state index contributed by atoms with van der Waals surface area (Å²) in [5, 5.41) is 11.0. The van der Waals surface area contributed by atoms with E-state index in [1.807, 2.05) is 6.07 Å². The predicted molar refractivity (Wildman–Crippen MR) is 150 cm³/mol. The lowest BCUT2D eigenvalue weighted by atomic mass is 10.0. The molecule has 0 saturated carbocycles. The zero-order valence-corrected chi connectivity index (χ0v) is 23.1. The lowest BCUT2D eigenvalue weighted by molar-refractivity contribution is -0.130. The van der Waals surface area contributed by atoms with Crippen molar-refractivity contribution in [3.8, 4) is 0 Å². The number of ether oxygens (including phenoxy) is 1. The lowest BCUT2D eigenvalue weighted by Gasteiger charge is -2.22. The molecule has 0 spiro atoms. The first-order chi connectivity index (χ1) is 18.8. The molecule has 0 saturated heterocycles. The van der Waals surface area contributed by atoms with Crippen LogP contribution in [0.25, 0.3) is 11.0 Å². The first-order valence-corrected chi connectivity index (χ1v) is 12.8. The van der Waals surface area contributed by atoms with Crippen LogP contribution in [0, 0.1) is 6.92 Å². The minimum Gasteiger partial charge on any atom is -0.444 e. The number of fused-ring (bicyclic) bond motifs is 1. The Bertz CT molecular complexity index is 1440. The number of rotatable bonds is 9. The molecule has 3 aromatic rings. The van der Waals surface area contributed by atoms with Crippen molar-refractivity contribution in [3.05, 3.63) is 76.1 Å². The number of carbonyl (C=O) groups excluding carboxylic acids is 4. The van der Waals surface area contributed by atoms with Crippen LogP contribution < -0.4 is 26.9 Å². The Morgan fingerprint density at radius 2 is 1.65 bits per heavy atom. The Morgan fingerprint density at radius 3 is 2.33 bits per heavy atom. The summed E-state index contributed by atoms with van der Waals surface area (Å²) < 4.78 is 10.3. The van der Waals surface area contributed by atoms with E-state index in [0.717, 1.165) is 16.5 Å². The van der Waals surface area contributed by atoms with Gasteiger partial charge in [-0.1, -0.05) is 30.3 Å². The van der Waals surface area contributed by atoms with Gasteiger partial charge in [0.2, 0.25) is 17.7 Å². The van der Waals surface area contributed by atoms with Gasteiger partial charge in [0.05, 0.1) is 0 Å². The second-order valence-corrected chi connectivity index (χ2v) is 10.3. The fraction of sp³-hybridized carbons (Fsp3) is 0.345. The Kier molecular flexibility index (Phi) is 9.65. The van der Waals surface area contributed by atoms with Crippen molar-refractivity contribution in [2.24, 2.45) is 0 Å². The van der Waals surface area contributed by atoms with Gasteiger partial charge in [-0.15, -0.1) is 0 Å². The molecule has 0 aliphatic carbocycles. The molecule has 0 aliphatic heterocycles. The minimum atomic E-state index is -1.02. The van der Waals surface area contributed by atoms with Crippen LogP contribution in [0.5, 0.6) is 0 Å². The van der Waals surface area contributed by atoms with Gasteiger partial charge >= 0.3 is 11.7 Å². The van der Waals surface area contributed by atoms with Gasteiger partial charge in [-0.05, 0) is 57.9 Å². The molecule has 0 bridgehead atoms. The van der Waals surface area contributed by atoms with Crippen molar-refractivity contribution in [1.82, 2.24) is 16.0 Å². The van der Waals surface area contributed by atoms with Gasteiger partial charge in [0.25, 0.3) is 0 Å². The molecule has 0 radical (unpaired) electrons. The normalized spacial score (nSPS) is 12.6. The first kappa shape index (κ1) is 29.9. The zero-order chi connectivity index (χ0) is 29.4.